The predicted molar refractivity (Wildman–Crippen MR) is 45.2 cm³/mol. The second-order valence-corrected chi connectivity index (χ2v) is 2.40. The third kappa shape index (κ3) is 1.19. The maximum atomic E-state index is 4.16. The van der Waals surface area contributed by atoms with Crippen LogP contribution in [0.15, 0.2) is 35.5 Å². The molecule has 0 aromatic carbocycles. The Labute approximate surface area is 65.3 Å². The van der Waals surface area contributed by atoms with Gasteiger partial charge in [-0.15, -0.1) is 0 Å². The molecule has 0 fully saturated rings. The van der Waals surface area contributed by atoms with E-state index in [1.807, 2.05) is 12.1 Å². The predicted octanol–water partition coefficient (Wildman–Crippen LogP) is 1.90. The van der Waals surface area contributed by atoms with Crippen LogP contribution in [0, 0.1) is 0 Å². The molecule has 2 rings (SSSR count). The number of hydrogen-bond acceptors (Lipinski definition) is 2. The summed E-state index contributed by atoms with van der Waals surface area (Å²) in [6.45, 7) is 0. The minimum atomic E-state index is 0.845. The fraction of sp³-hybridized carbons (Fsp3) is 0.111. The number of aromatic nitrogens is 1. The van der Waals surface area contributed by atoms with Gasteiger partial charge in [0, 0.05) is 18.0 Å². The van der Waals surface area contributed by atoms with Crippen molar-refractivity contribution in [2.75, 3.05) is 0 Å². The van der Waals surface area contributed by atoms with Gasteiger partial charge in [-0.1, -0.05) is 12.1 Å². The quantitative estimate of drug-likeness (QED) is 0.546. The molecular formula is C9H8N2. The maximum Gasteiger partial charge on any atom is 0.155 e. The third-order valence-electron chi connectivity index (χ3n) is 1.62. The monoisotopic (exact) mass is 144 g/mol. The van der Waals surface area contributed by atoms with Gasteiger partial charge in [-0.3, -0.25) is 0 Å². The zero-order chi connectivity index (χ0) is 7.52. The summed E-state index contributed by atoms with van der Waals surface area (Å²) in [6, 6.07) is 3.99. The normalized spacial score (nSPS) is 14.2. The van der Waals surface area contributed by atoms with Crippen molar-refractivity contribution >= 4 is 12.0 Å². The van der Waals surface area contributed by atoms with Gasteiger partial charge in [0.25, 0.3) is 0 Å². The van der Waals surface area contributed by atoms with Gasteiger partial charge in [0.05, 0.1) is 0 Å². The van der Waals surface area contributed by atoms with Crippen molar-refractivity contribution in [1.29, 1.82) is 0 Å². The summed E-state index contributed by atoms with van der Waals surface area (Å²) in [4.78, 5) is 8.31. The first kappa shape index (κ1) is 6.28. The van der Waals surface area contributed by atoms with Crippen LogP contribution in [-0.4, -0.2) is 11.2 Å². The highest BCUT2D eigenvalue weighted by molar-refractivity contribution is 5.75. The van der Waals surface area contributed by atoms with E-state index in [1.54, 1.807) is 12.4 Å². The summed E-state index contributed by atoms with van der Waals surface area (Å²) in [6.07, 6.45) is 8.50. The first-order valence-corrected chi connectivity index (χ1v) is 3.60. The van der Waals surface area contributed by atoms with E-state index in [0.717, 1.165) is 12.2 Å². The van der Waals surface area contributed by atoms with Gasteiger partial charge in [0.2, 0.25) is 0 Å². The second-order valence-electron chi connectivity index (χ2n) is 2.40. The van der Waals surface area contributed by atoms with Crippen molar-refractivity contribution in [3.8, 4) is 0 Å². The van der Waals surface area contributed by atoms with Crippen molar-refractivity contribution in [3.05, 3.63) is 36.0 Å². The Kier molecular flexibility index (Phi) is 1.52. The lowest BCUT2D eigenvalue weighted by atomic mass is 10.2. The molecule has 11 heavy (non-hydrogen) atoms. The summed E-state index contributed by atoms with van der Waals surface area (Å²) >= 11 is 0. The molecule has 2 nitrogen and oxygen atoms in total. The highest BCUT2D eigenvalue weighted by atomic mass is 14.9. The van der Waals surface area contributed by atoms with Crippen LogP contribution in [0.1, 0.15) is 5.56 Å². The summed E-state index contributed by atoms with van der Waals surface area (Å²) in [5, 5.41) is 0. The molecule has 0 amide bonds. The highest BCUT2D eigenvalue weighted by Crippen LogP contribution is 2.16. The molecule has 54 valence electrons. The van der Waals surface area contributed by atoms with E-state index in [9.17, 15) is 0 Å². The largest absolute Gasteiger partial charge is 0.237 e. The van der Waals surface area contributed by atoms with E-state index in [0.29, 0.717) is 0 Å². The van der Waals surface area contributed by atoms with Crippen molar-refractivity contribution in [1.82, 2.24) is 4.98 Å². The fourth-order valence-electron chi connectivity index (χ4n) is 1.08. The van der Waals surface area contributed by atoms with E-state index in [2.05, 4.69) is 22.1 Å². The lowest BCUT2D eigenvalue weighted by molar-refractivity contribution is 1.18. The average molecular weight is 144 g/mol. The van der Waals surface area contributed by atoms with Crippen LogP contribution in [0.4, 0.5) is 5.82 Å². The number of nitrogens with zero attached hydrogens (tertiary/aromatic N) is 2. The zero-order valence-electron chi connectivity index (χ0n) is 6.07. The average Bonchev–Trinajstić information content (AvgIpc) is 2.28. The molecular weight excluding hydrogens is 136 g/mol. The molecule has 0 radical (unpaired) electrons. The molecule has 0 spiro atoms. The van der Waals surface area contributed by atoms with E-state index < -0.39 is 0 Å². The van der Waals surface area contributed by atoms with Crippen LogP contribution in [-0.2, 0) is 6.42 Å². The van der Waals surface area contributed by atoms with Crippen molar-refractivity contribution in [2.45, 2.75) is 6.42 Å². The first-order chi connectivity index (χ1) is 5.47. The van der Waals surface area contributed by atoms with Crippen LogP contribution >= 0.6 is 0 Å². The van der Waals surface area contributed by atoms with Crippen molar-refractivity contribution in [2.24, 2.45) is 4.99 Å². The van der Waals surface area contributed by atoms with Gasteiger partial charge in [0.15, 0.2) is 5.82 Å². The van der Waals surface area contributed by atoms with E-state index in [1.165, 1.54) is 5.56 Å². The summed E-state index contributed by atoms with van der Waals surface area (Å²) in [5.41, 5.74) is 1.19. The Balaban J connectivity index is 2.52. The fourth-order valence-corrected chi connectivity index (χ4v) is 1.08. The zero-order valence-corrected chi connectivity index (χ0v) is 6.07. The van der Waals surface area contributed by atoms with Crippen molar-refractivity contribution < 1.29 is 0 Å². The summed E-state index contributed by atoms with van der Waals surface area (Å²) in [5.74, 6) is 0.845. The second kappa shape index (κ2) is 2.66. The first-order valence-electron chi connectivity index (χ1n) is 3.60. The number of aliphatic imine (C=N–C) groups is 1. The molecule has 0 saturated carbocycles. The Hall–Kier alpha value is -1.44. The van der Waals surface area contributed by atoms with Gasteiger partial charge < -0.3 is 0 Å². The molecule has 1 aliphatic rings. The molecule has 0 atom stereocenters. The van der Waals surface area contributed by atoms with Gasteiger partial charge in [-0.2, -0.15) is 0 Å². The lowest BCUT2D eigenvalue weighted by Gasteiger charge is -1.97. The Morgan fingerprint density at radius 2 is 2.36 bits per heavy atom. The van der Waals surface area contributed by atoms with Crippen LogP contribution in [0.3, 0.4) is 0 Å². The molecule has 2 heteroatoms. The molecule has 0 unspecified atom stereocenters. The highest BCUT2D eigenvalue weighted by Gasteiger charge is 1.99. The molecule has 2 heterocycles. The Bertz CT molecular complexity index is 313. The Morgan fingerprint density at radius 1 is 1.36 bits per heavy atom. The van der Waals surface area contributed by atoms with E-state index in [4.69, 9.17) is 0 Å². The maximum absolute atomic E-state index is 4.16. The Morgan fingerprint density at radius 3 is 3.36 bits per heavy atom. The molecule has 1 aliphatic heterocycles. The SMILES string of the molecule is C1=CCc2cccnc2N=C1. The molecule has 0 bridgehead atoms. The van der Waals surface area contributed by atoms with Crippen LogP contribution in [0.25, 0.3) is 0 Å². The molecule has 1 aromatic heterocycles. The number of fused-ring (bicyclic) bond motifs is 1. The topological polar surface area (TPSA) is 25.2 Å². The minimum absolute atomic E-state index is 0.845. The number of rotatable bonds is 0. The third-order valence-corrected chi connectivity index (χ3v) is 1.62. The standard InChI is InChI=1S/C9H8N2/c1-2-6-10-9-8(4-1)5-3-7-11-9/h1-3,5-7H,4H2. The number of pyridine rings is 1. The van der Waals surface area contributed by atoms with E-state index in [-0.39, 0.29) is 0 Å². The molecule has 0 saturated heterocycles. The van der Waals surface area contributed by atoms with Crippen LogP contribution in [0.5, 0.6) is 0 Å². The van der Waals surface area contributed by atoms with Gasteiger partial charge >= 0.3 is 0 Å². The summed E-state index contributed by atoms with van der Waals surface area (Å²) < 4.78 is 0. The smallest absolute Gasteiger partial charge is 0.155 e. The van der Waals surface area contributed by atoms with E-state index >= 15 is 0 Å². The van der Waals surface area contributed by atoms with Gasteiger partial charge in [-0.05, 0) is 18.6 Å². The summed E-state index contributed by atoms with van der Waals surface area (Å²) in [7, 11) is 0. The molecule has 1 aromatic rings. The van der Waals surface area contributed by atoms with Crippen LogP contribution < -0.4 is 0 Å². The van der Waals surface area contributed by atoms with Gasteiger partial charge in [-0.25, -0.2) is 9.98 Å². The minimum Gasteiger partial charge on any atom is -0.237 e. The number of hydrogen-bond donors (Lipinski definition) is 0. The lowest BCUT2D eigenvalue weighted by Crippen LogP contribution is -1.82. The van der Waals surface area contributed by atoms with Crippen molar-refractivity contribution in [3.63, 3.8) is 0 Å². The molecule has 0 N–H and O–H groups in total. The van der Waals surface area contributed by atoms with Crippen LogP contribution in [0.2, 0.25) is 0 Å². The van der Waals surface area contributed by atoms with Gasteiger partial charge in [0.1, 0.15) is 0 Å². The number of allylic oxidation sites excluding steroid dienone is 2. The molecule has 0 aliphatic carbocycles.